The summed E-state index contributed by atoms with van der Waals surface area (Å²) in [6, 6.07) is 0.952. The fraction of sp³-hybridized carbons (Fsp3) is 0.750. The Morgan fingerprint density at radius 3 is 2.48 bits per heavy atom. The van der Waals surface area contributed by atoms with Gasteiger partial charge in [-0.3, -0.25) is 14.5 Å². The summed E-state index contributed by atoms with van der Waals surface area (Å²) in [5, 5.41) is 12.4. The lowest BCUT2D eigenvalue weighted by Gasteiger charge is -2.27. The standard InChI is InChI=1S/C16H24N2O3/c1-9(18(2)12-5-6-12)8-17-15(19)13-10-3-4-11(7-10)14(13)16(20)21/h3-4,9-14H,5-8H2,1-2H3,(H,17,19)(H,20,21). The molecule has 2 saturated carbocycles. The quantitative estimate of drug-likeness (QED) is 0.720. The maximum Gasteiger partial charge on any atom is 0.307 e. The van der Waals surface area contributed by atoms with Crippen LogP contribution in [0.25, 0.3) is 0 Å². The molecule has 3 aliphatic carbocycles. The first-order valence-corrected chi connectivity index (χ1v) is 7.89. The van der Waals surface area contributed by atoms with E-state index in [1.54, 1.807) is 0 Å². The van der Waals surface area contributed by atoms with Gasteiger partial charge in [0.15, 0.2) is 0 Å². The largest absolute Gasteiger partial charge is 0.481 e. The van der Waals surface area contributed by atoms with Crippen LogP contribution in [0.1, 0.15) is 26.2 Å². The van der Waals surface area contributed by atoms with Gasteiger partial charge in [0.1, 0.15) is 0 Å². The first-order valence-electron chi connectivity index (χ1n) is 7.89. The number of likely N-dealkylation sites (N-methyl/N-ethyl adjacent to an activating group) is 1. The number of hydrogen-bond acceptors (Lipinski definition) is 3. The van der Waals surface area contributed by atoms with Crippen LogP contribution in [0, 0.1) is 23.7 Å². The van der Waals surface area contributed by atoms with E-state index in [1.807, 2.05) is 12.2 Å². The Morgan fingerprint density at radius 2 is 1.90 bits per heavy atom. The zero-order valence-corrected chi connectivity index (χ0v) is 12.7. The van der Waals surface area contributed by atoms with E-state index in [0.29, 0.717) is 18.6 Å². The average Bonchev–Trinajstić information content (AvgIpc) is 3.11. The summed E-state index contributed by atoms with van der Waals surface area (Å²) in [4.78, 5) is 26.2. The molecule has 0 aliphatic heterocycles. The maximum absolute atomic E-state index is 12.4. The molecule has 5 heteroatoms. The molecular weight excluding hydrogens is 268 g/mol. The van der Waals surface area contributed by atoms with Crippen LogP contribution in [0.2, 0.25) is 0 Å². The average molecular weight is 292 g/mol. The van der Waals surface area contributed by atoms with E-state index in [-0.39, 0.29) is 17.7 Å². The summed E-state index contributed by atoms with van der Waals surface area (Å²) in [5.41, 5.74) is 0. The number of nitrogens with one attached hydrogen (secondary N) is 1. The van der Waals surface area contributed by atoms with Crippen LogP contribution in [0.5, 0.6) is 0 Å². The predicted molar refractivity (Wildman–Crippen MR) is 78.6 cm³/mol. The summed E-state index contributed by atoms with van der Waals surface area (Å²) < 4.78 is 0. The lowest BCUT2D eigenvalue weighted by Crippen LogP contribution is -2.45. The third-order valence-corrected chi connectivity index (χ3v) is 5.44. The minimum Gasteiger partial charge on any atom is -0.481 e. The highest BCUT2D eigenvalue weighted by Crippen LogP contribution is 2.48. The van der Waals surface area contributed by atoms with Crippen molar-refractivity contribution >= 4 is 11.9 Å². The number of carboxylic acids is 1. The SMILES string of the molecule is CC(CNC(=O)C1C2C=CC(C2)C1C(=O)O)N(C)C1CC1. The van der Waals surface area contributed by atoms with E-state index < -0.39 is 17.8 Å². The number of carbonyl (C=O) groups excluding carboxylic acids is 1. The molecule has 5 nitrogen and oxygen atoms in total. The fourth-order valence-electron chi connectivity index (χ4n) is 3.87. The van der Waals surface area contributed by atoms with Gasteiger partial charge in [-0.1, -0.05) is 12.2 Å². The van der Waals surface area contributed by atoms with Crippen molar-refractivity contribution in [3.8, 4) is 0 Å². The first-order chi connectivity index (χ1) is 9.99. The number of allylic oxidation sites excluding steroid dienone is 2. The van der Waals surface area contributed by atoms with Gasteiger partial charge in [0.05, 0.1) is 11.8 Å². The second kappa shape index (κ2) is 5.44. The van der Waals surface area contributed by atoms with Crippen LogP contribution >= 0.6 is 0 Å². The molecule has 2 N–H and O–H groups in total. The molecular formula is C16H24N2O3. The first kappa shape index (κ1) is 14.6. The van der Waals surface area contributed by atoms with Crippen molar-refractivity contribution in [3.63, 3.8) is 0 Å². The second-order valence-electron chi connectivity index (χ2n) is 6.83. The molecule has 0 spiro atoms. The van der Waals surface area contributed by atoms with Crippen molar-refractivity contribution in [2.24, 2.45) is 23.7 Å². The molecule has 2 bridgehead atoms. The molecule has 1 amide bonds. The number of carbonyl (C=O) groups is 2. The number of nitrogens with zero attached hydrogens (tertiary/aromatic N) is 1. The van der Waals surface area contributed by atoms with Crippen molar-refractivity contribution < 1.29 is 14.7 Å². The van der Waals surface area contributed by atoms with Gasteiger partial charge in [0.25, 0.3) is 0 Å². The molecule has 2 fully saturated rings. The van der Waals surface area contributed by atoms with Crippen molar-refractivity contribution in [2.75, 3.05) is 13.6 Å². The van der Waals surface area contributed by atoms with Gasteiger partial charge in [-0.05, 0) is 45.1 Å². The van der Waals surface area contributed by atoms with Crippen molar-refractivity contribution in [1.29, 1.82) is 0 Å². The third-order valence-electron chi connectivity index (χ3n) is 5.44. The molecule has 0 radical (unpaired) electrons. The van der Waals surface area contributed by atoms with Gasteiger partial charge in [-0.2, -0.15) is 0 Å². The summed E-state index contributed by atoms with van der Waals surface area (Å²) in [7, 11) is 2.09. The van der Waals surface area contributed by atoms with E-state index >= 15 is 0 Å². The monoisotopic (exact) mass is 292 g/mol. The molecule has 3 aliphatic rings. The number of carboxylic acid groups (broad SMARTS) is 1. The molecule has 0 aromatic heterocycles. The topological polar surface area (TPSA) is 69.6 Å². The second-order valence-corrected chi connectivity index (χ2v) is 6.83. The lowest BCUT2D eigenvalue weighted by atomic mass is 9.82. The van der Waals surface area contributed by atoms with E-state index in [2.05, 4.69) is 24.2 Å². The highest BCUT2D eigenvalue weighted by Gasteiger charge is 2.51. The number of aliphatic carboxylic acids is 1. The van der Waals surface area contributed by atoms with E-state index in [4.69, 9.17) is 0 Å². The van der Waals surface area contributed by atoms with Gasteiger partial charge in [-0.15, -0.1) is 0 Å². The Kier molecular flexibility index (Phi) is 3.78. The van der Waals surface area contributed by atoms with Crippen LogP contribution in [0.4, 0.5) is 0 Å². The number of amides is 1. The summed E-state index contributed by atoms with van der Waals surface area (Å²) in [6.45, 7) is 2.70. The predicted octanol–water partition coefficient (Wildman–Crippen LogP) is 1.11. The lowest BCUT2D eigenvalue weighted by molar-refractivity contribution is -0.147. The van der Waals surface area contributed by atoms with Crippen molar-refractivity contribution in [2.45, 2.75) is 38.3 Å². The van der Waals surface area contributed by atoms with E-state index in [0.717, 1.165) is 6.42 Å². The Labute approximate surface area is 125 Å². The molecule has 0 aromatic rings. The number of hydrogen-bond donors (Lipinski definition) is 2. The van der Waals surface area contributed by atoms with Crippen molar-refractivity contribution in [3.05, 3.63) is 12.2 Å². The number of fused-ring (bicyclic) bond motifs is 2. The van der Waals surface area contributed by atoms with Crippen LogP contribution in [-0.4, -0.2) is 47.6 Å². The van der Waals surface area contributed by atoms with Crippen LogP contribution in [0.3, 0.4) is 0 Å². The normalized spacial score (nSPS) is 35.2. The van der Waals surface area contributed by atoms with Crippen LogP contribution in [-0.2, 0) is 9.59 Å². The molecule has 0 heterocycles. The molecule has 5 atom stereocenters. The van der Waals surface area contributed by atoms with Gasteiger partial charge < -0.3 is 10.4 Å². The molecule has 0 aromatic carbocycles. The Bertz CT molecular complexity index is 472. The zero-order valence-electron chi connectivity index (χ0n) is 12.7. The van der Waals surface area contributed by atoms with Crippen LogP contribution < -0.4 is 5.32 Å². The fourth-order valence-corrected chi connectivity index (χ4v) is 3.87. The Morgan fingerprint density at radius 1 is 1.29 bits per heavy atom. The van der Waals surface area contributed by atoms with Gasteiger partial charge >= 0.3 is 5.97 Å². The van der Waals surface area contributed by atoms with Crippen LogP contribution in [0.15, 0.2) is 12.2 Å². The highest BCUT2D eigenvalue weighted by atomic mass is 16.4. The molecule has 3 rings (SSSR count). The minimum atomic E-state index is -0.838. The Hall–Kier alpha value is -1.36. The van der Waals surface area contributed by atoms with Gasteiger partial charge in [0.2, 0.25) is 5.91 Å². The molecule has 5 unspecified atom stereocenters. The van der Waals surface area contributed by atoms with E-state index in [1.165, 1.54) is 12.8 Å². The summed E-state index contributed by atoms with van der Waals surface area (Å²) >= 11 is 0. The smallest absolute Gasteiger partial charge is 0.307 e. The minimum absolute atomic E-state index is 0.0369. The third kappa shape index (κ3) is 2.71. The molecule has 116 valence electrons. The molecule has 0 saturated heterocycles. The summed E-state index contributed by atoms with van der Waals surface area (Å²) in [6.07, 6.45) is 7.29. The number of rotatable bonds is 6. The van der Waals surface area contributed by atoms with E-state index in [9.17, 15) is 14.7 Å². The highest BCUT2D eigenvalue weighted by molar-refractivity contribution is 5.86. The maximum atomic E-state index is 12.4. The Balaban J connectivity index is 1.57. The summed E-state index contributed by atoms with van der Waals surface area (Å²) in [5.74, 6) is -1.72. The van der Waals surface area contributed by atoms with Gasteiger partial charge in [-0.25, -0.2) is 0 Å². The molecule has 21 heavy (non-hydrogen) atoms. The zero-order chi connectivity index (χ0) is 15.1. The van der Waals surface area contributed by atoms with Gasteiger partial charge in [0, 0.05) is 18.6 Å². The van der Waals surface area contributed by atoms with Crippen molar-refractivity contribution in [1.82, 2.24) is 10.2 Å².